The number of halogens is 1. The molecule has 1 saturated heterocycles. The molecule has 0 spiro atoms. The van der Waals surface area contributed by atoms with E-state index >= 15 is 0 Å². The van der Waals surface area contributed by atoms with E-state index in [1.54, 1.807) is 6.07 Å². The lowest BCUT2D eigenvalue weighted by atomic mass is 9.90. The third-order valence-corrected chi connectivity index (χ3v) is 3.90. The predicted octanol–water partition coefficient (Wildman–Crippen LogP) is 2.47. The molecule has 0 aromatic heterocycles. The van der Waals surface area contributed by atoms with Gasteiger partial charge in [-0.3, -0.25) is 0 Å². The third-order valence-electron chi connectivity index (χ3n) is 3.90. The van der Waals surface area contributed by atoms with Crippen LogP contribution in [0.3, 0.4) is 0 Å². The molecule has 0 saturated carbocycles. The molecule has 1 N–H and O–H groups in total. The molecule has 0 aliphatic carbocycles. The highest BCUT2D eigenvalue weighted by Crippen LogP contribution is 2.37. The van der Waals surface area contributed by atoms with E-state index in [1.165, 1.54) is 12.8 Å². The summed E-state index contributed by atoms with van der Waals surface area (Å²) in [7, 11) is 0. The van der Waals surface area contributed by atoms with Gasteiger partial charge >= 0.3 is 0 Å². The number of piperidine rings is 1. The molecule has 19 heavy (non-hydrogen) atoms. The molecule has 1 aromatic rings. The SMILES string of the molecule is FCc1cc(CC2CCNCC2)c2c(c1)OCCO2. The molecule has 1 fully saturated rings. The van der Waals surface area contributed by atoms with Crippen LogP contribution < -0.4 is 14.8 Å². The fourth-order valence-corrected chi connectivity index (χ4v) is 2.92. The Labute approximate surface area is 113 Å². The van der Waals surface area contributed by atoms with Crippen molar-refractivity contribution < 1.29 is 13.9 Å². The molecule has 3 nitrogen and oxygen atoms in total. The first-order valence-corrected chi connectivity index (χ1v) is 7.05. The maximum absolute atomic E-state index is 12.9. The molecule has 0 bridgehead atoms. The van der Waals surface area contributed by atoms with Crippen LogP contribution in [0.2, 0.25) is 0 Å². The molecule has 0 atom stereocenters. The Hall–Kier alpha value is -1.29. The monoisotopic (exact) mass is 265 g/mol. The number of fused-ring (bicyclic) bond motifs is 1. The highest BCUT2D eigenvalue weighted by atomic mass is 19.1. The summed E-state index contributed by atoms with van der Waals surface area (Å²) >= 11 is 0. The molecule has 2 heterocycles. The molecule has 1 aromatic carbocycles. The Morgan fingerprint density at radius 1 is 1.16 bits per heavy atom. The van der Waals surface area contributed by atoms with Crippen molar-refractivity contribution in [2.24, 2.45) is 5.92 Å². The van der Waals surface area contributed by atoms with Gasteiger partial charge in [0, 0.05) is 0 Å². The van der Waals surface area contributed by atoms with Gasteiger partial charge in [-0.05, 0) is 61.5 Å². The Bertz CT molecular complexity index is 444. The average Bonchev–Trinajstić information content (AvgIpc) is 2.48. The number of nitrogens with one attached hydrogen (secondary N) is 1. The number of ether oxygens (including phenoxy) is 2. The second kappa shape index (κ2) is 5.78. The Morgan fingerprint density at radius 3 is 2.74 bits per heavy atom. The molecular formula is C15H20FNO2. The molecule has 3 rings (SSSR count). The van der Waals surface area contributed by atoms with Crippen molar-refractivity contribution in [3.8, 4) is 11.5 Å². The van der Waals surface area contributed by atoms with Crippen molar-refractivity contribution in [3.05, 3.63) is 23.3 Å². The van der Waals surface area contributed by atoms with Crippen molar-refractivity contribution in [3.63, 3.8) is 0 Å². The van der Waals surface area contributed by atoms with Crippen LogP contribution >= 0.6 is 0 Å². The van der Waals surface area contributed by atoms with E-state index in [4.69, 9.17) is 9.47 Å². The van der Waals surface area contributed by atoms with E-state index in [1.807, 2.05) is 6.07 Å². The average molecular weight is 265 g/mol. The topological polar surface area (TPSA) is 30.5 Å². The number of hydrogen-bond donors (Lipinski definition) is 1. The minimum atomic E-state index is -0.449. The van der Waals surface area contributed by atoms with Gasteiger partial charge in [-0.1, -0.05) is 0 Å². The number of alkyl halides is 1. The largest absolute Gasteiger partial charge is 0.486 e. The van der Waals surface area contributed by atoms with E-state index in [0.717, 1.165) is 30.8 Å². The third kappa shape index (κ3) is 2.84. The summed E-state index contributed by atoms with van der Waals surface area (Å²) in [6.45, 7) is 2.84. The summed E-state index contributed by atoms with van der Waals surface area (Å²) in [5.41, 5.74) is 1.80. The van der Waals surface area contributed by atoms with Crippen LogP contribution in [0.15, 0.2) is 12.1 Å². The first kappa shape index (κ1) is 12.7. The first-order valence-electron chi connectivity index (χ1n) is 7.05. The summed E-state index contributed by atoms with van der Waals surface area (Å²) in [5, 5.41) is 3.37. The summed E-state index contributed by atoms with van der Waals surface area (Å²) < 4.78 is 24.3. The van der Waals surface area contributed by atoms with E-state index < -0.39 is 6.67 Å². The van der Waals surface area contributed by atoms with Gasteiger partial charge in [0.25, 0.3) is 0 Å². The Morgan fingerprint density at radius 2 is 1.95 bits per heavy atom. The number of hydrogen-bond acceptors (Lipinski definition) is 3. The van der Waals surface area contributed by atoms with Crippen LogP contribution in [0.5, 0.6) is 11.5 Å². The standard InChI is InChI=1S/C15H20FNO2/c16-10-12-8-13(7-11-1-3-17-4-2-11)15-14(9-12)18-5-6-19-15/h8-9,11,17H,1-7,10H2. The fraction of sp³-hybridized carbons (Fsp3) is 0.600. The second-order valence-corrected chi connectivity index (χ2v) is 5.31. The smallest absolute Gasteiger partial charge is 0.164 e. The van der Waals surface area contributed by atoms with E-state index in [9.17, 15) is 4.39 Å². The normalized spacial score (nSPS) is 19.4. The summed E-state index contributed by atoms with van der Waals surface area (Å²) in [4.78, 5) is 0. The molecule has 2 aliphatic rings. The van der Waals surface area contributed by atoms with E-state index in [2.05, 4.69) is 5.32 Å². The predicted molar refractivity (Wildman–Crippen MR) is 71.5 cm³/mol. The van der Waals surface area contributed by atoms with Gasteiger partial charge in [-0.2, -0.15) is 0 Å². The van der Waals surface area contributed by atoms with E-state index in [-0.39, 0.29) is 0 Å². The fourth-order valence-electron chi connectivity index (χ4n) is 2.92. The number of rotatable bonds is 3. The highest BCUT2D eigenvalue weighted by molar-refractivity contribution is 5.50. The molecule has 0 radical (unpaired) electrons. The minimum Gasteiger partial charge on any atom is -0.486 e. The Balaban J connectivity index is 1.85. The lowest BCUT2D eigenvalue weighted by Gasteiger charge is -2.26. The molecule has 0 amide bonds. The summed E-state index contributed by atoms with van der Waals surface area (Å²) in [5.74, 6) is 2.21. The van der Waals surface area contributed by atoms with Crippen LogP contribution in [0.25, 0.3) is 0 Å². The highest BCUT2D eigenvalue weighted by Gasteiger charge is 2.21. The van der Waals surface area contributed by atoms with E-state index in [0.29, 0.717) is 30.4 Å². The van der Waals surface area contributed by atoms with Gasteiger partial charge < -0.3 is 14.8 Å². The quantitative estimate of drug-likeness (QED) is 0.910. The van der Waals surface area contributed by atoms with Gasteiger partial charge in [0.1, 0.15) is 19.9 Å². The zero-order chi connectivity index (χ0) is 13.1. The van der Waals surface area contributed by atoms with Gasteiger partial charge in [0.2, 0.25) is 0 Å². The van der Waals surface area contributed by atoms with Crippen molar-refractivity contribution in [1.29, 1.82) is 0 Å². The van der Waals surface area contributed by atoms with Gasteiger partial charge in [-0.25, -0.2) is 4.39 Å². The second-order valence-electron chi connectivity index (χ2n) is 5.31. The van der Waals surface area contributed by atoms with Crippen molar-refractivity contribution in [2.45, 2.75) is 25.9 Å². The van der Waals surface area contributed by atoms with Gasteiger partial charge in [0.05, 0.1) is 0 Å². The van der Waals surface area contributed by atoms with Crippen molar-refractivity contribution in [2.75, 3.05) is 26.3 Å². The van der Waals surface area contributed by atoms with Crippen LogP contribution in [-0.4, -0.2) is 26.3 Å². The molecule has 0 unspecified atom stereocenters. The van der Waals surface area contributed by atoms with Crippen LogP contribution in [0.1, 0.15) is 24.0 Å². The lowest BCUT2D eigenvalue weighted by Crippen LogP contribution is -2.29. The molecule has 4 heteroatoms. The van der Waals surface area contributed by atoms with Crippen molar-refractivity contribution in [1.82, 2.24) is 5.32 Å². The summed E-state index contributed by atoms with van der Waals surface area (Å²) in [6, 6.07) is 3.70. The zero-order valence-electron chi connectivity index (χ0n) is 11.1. The molecule has 104 valence electrons. The van der Waals surface area contributed by atoms with Gasteiger partial charge in [-0.15, -0.1) is 0 Å². The lowest BCUT2D eigenvalue weighted by molar-refractivity contribution is 0.168. The molecule has 2 aliphatic heterocycles. The minimum absolute atomic E-state index is 0.449. The Kier molecular flexibility index (Phi) is 3.87. The van der Waals surface area contributed by atoms with Crippen molar-refractivity contribution >= 4 is 0 Å². The number of benzene rings is 1. The van der Waals surface area contributed by atoms with Crippen LogP contribution in [0, 0.1) is 5.92 Å². The van der Waals surface area contributed by atoms with Crippen LogP contribution in [-0.2, 0) is 13.1 Å². The van der Waals surface area contributed by atoms with Gasteiger partial charge in [0.15, 0.2) is 11.5 Å². The zero-order valence-corrected chi connectivity index (χ0v) is 11.1. The van der Waals surface area contributed by atoms with Crippen LogP contribution in [0.4, 0.5) is 4.39 Å². The molecular weight excluding hydrogens is 245 g/mol. The maximum atomic E-state index is 12.9. The summed E-state index contributed by atoms with van der Waals surface area (Å²) in [6.07, 6.45) is 3.31. The maximum Gasteiger partial charge on any atom is 0.164 e. The first-order chi connectivity index (χ1) is 9.36.